The summed E-state index contributed by atoms with van der Waals surface area (Å²) in [7, 11) is 0. The summed E-state index contributed by atoms with van der Waals surface area (Å²) in [5, 5.41) is 30.1. The number of Topliss-reactive ketones (excluding diaryl/α,β-unsaturated/α-hetero) is 1. The molecular weight excluding hydrogens is 400 g/mol. The zero-order valence-electron chi connectivity index (χ0n) is 17.5. The van der Waals surface area contributed by atoms with Crippen LogP contribution in [0.3, 0.4) is 0 Å². The fourth-order valence-corrected chi connectivity index (χ4v) is 5.92. The Hall–Kier alpha value is -1.63. The van der Waals surface area contributed by atoms with Gasteiger partial charge in [-0.25, -0.2) is 4.79 Å². The Morgan fingerprint density at radius 3 is 2.57 bits per heavy atom. The minimum absolute atomic E-state index is 0.0561. The van der Waals surface area contributed by atoms with Crippen LogP contribution >= 0.6 is 11.8 Å². The molecule has 3 N–H and O–H groups in total. The van der Waals surface area contributed by atoms with Gasteiger partial charge in [0.2, 0.25) is 0 Å². The number of carboxylic acids is 1. The molecule has 0 aliphatic heterocycles. The van der Waals surface area contributed by atoms with Crippen LogP contribution in [0.2, 0.25) is 0 Å². The molecule has 0 aromatic heterocycles. The van der Waals surface area contributed by atoms with Crippen molar-refractivity contribution in [1.82, 2.24) is 0 Å². The SMILES string of the molecule is CCCC1(C(O)C/C=C/[C@H]2[C@H](O)CC(=O)[C@@H]2CSc2ccc(C(=O)O)cc2)CCC1. The van der Waals surface area contributed by atoms with Crippen LogP contribution in [0.15, 0.2) is 41.3 Å². The molecule has 30 heavy (non-hydrogen) atoms. The Morgan fingerprint density at radius 1 is 1.30 bits per heavy atom. The van der Waals surface area contributed by atoms with E-state index in [2.05, 4.69) is 6.92 Å². The van der Waals surface area contributed by atoms with Crippen LogP contribution in [-0.2, 0) is 4.79 Å². The van der Waals surface area contributed by atoms with Crippen molar-refractivity contribution in [2.75, 3.05) is 5.75 Å². The van der Waals surface area contributed by atoms with Gasteiger partial charge in [-0.2, -0.15) is 0 Å². The van der Waals surface area contributed by atoms with Crippen molar-refractivity contribution < 1.29 is 24.9 Å². The number of thioether (sulfide) groups is 1. The van der Waals surface area contributed by atoms with E-state index >= 15 is 0 Å². The Kier molecular flexibility index (Phi) is 7.77. The average molecular weight is 433 g/mol. The minimum Gasteiger partial charge on any atom is -0.478 e. The van der Waals surface area contributed by atoms with Gasteiger partial charge in [-0.15, -0.1) is 11.8 Å². The number of hydrogen-bond acceptors (Lipinski definition) is 5. The van der Waals surface area contributed by atoms with Crippen molar-refractivity contribution in [1.29, 1.82) is 0 Å². The molecule has 6 heteroatoms. The molecule has 1 aromatic rings. The summed E-state index contributed by atoms with van der Waals surface area (Å²) in [6, 6.07) is 6.61. The lowest BCUT2D eigenvalue weighted by Gasteiger charge is -2.45. The third-order valence-electron chi connectivity index (χ3n) is 6.79. The topological polar surface area (TPSA) is 94.8 Å². The van der Waals surface area contributed by atoms with Crippen LogP contribution in [0.4, 0.5) is 0 Å². The average Bonchev–Trinajstić information content (AvgIpc) is 2.95. The predicted molar refractivity (Wildman–Crippen MR) is 118 cm³/mol. The van der Waals surface area contributed by atoms with Crippen molar-refractivity contribution >= 4 is 23.5 Å². The number of rotatable bonds is 10. The molecule has 0 saturated heterocycles. The number of benzene rings is 1. The number of carbonyl (C=O) groups is 2. The smallest absolute Gasteiger partial charge is 0.335 e. The van der Waals surface area contributed by atoms with E-state index in [0.29, 0.717) is 12.2 Å². The lowest BCUT2D eigenvalue weighted by Crippen LogP contribution is -2.41. The second-order valence-electron chi connectivity index (χ2n) is 8.71. The molecule has 1 aromatic carbocycles. The van der Waals surface area contributed by atoms with Crippen molar-refractivity contribution in [3.05, 3.63) is 42.0 Å². The van der Waals surface area contributed by atoms with Crippen LogP contribution in [-0.4, -0.2) is 45.0 Å². The Labute approximate surface area is 182 Å². The molecule has 5 nitrogen and oxygen atoms in total. The minimum atomic E-state index is -0.962. The fourth-order valence-electron chi connectivity index (χ4n) is 4.82. The number of aliphatic hydroxyl groups excluding tert-OH is 2. The van der Waals surface area contributed by atoms with E-state index in [1.54, 1.807) is 24.3 Å². The quantitative estimate of drug-likeness (QED) is 0.376. The molecular formula is C24H32O5S. The molecule has 0 spiro atoms. The molecule has 3 rings (SSSR count). The van der Waals surface area contributed by atoms with Gasteiger partial charge in [0.15, 0.2) is 0 Å². The van der Waals surface area contributed by atoms with E-state index in [-0.39, 0.29) is 41.1 Å². The molecule has 2 saturated carbocycles. The number of aromatic carboxylic acids is 1. The first-order valence-electron chi connectivity index (χ1n) is 10.9. The predicted octanol–water partition coefficient (Wildman–Crippen LogP) is 4.32. The van der Waals surface area contributed by atoms with Gasteiger partial charge in [-0.1, -0.05) is 31.9 Å². The summed E-state index contributed by atoms with van der Waals surface area (Å²) in [4.78, 5) is 24.3. The molecule has 0 radical (unpaired) electrons. The molecule has 2 fully saturated rings. The van der Waals surface area contributed by atoms with Crippen LogP contribution in [0.1, 0.15) is 62.2 Å². The highest BCUT2D eigenvalue weighted by Crippen LogP contribution is 2.48. The van der Waals surface area contributed by atoms with Crippen molar-refractivity contribution in [3.8, 4) is 0 Å². The van der Waals surface area contributed by atoms with E-state index < -0.39 is 12.1 Å². The Balaban J connectivity index is 1.58. The lowest BCUT2D eigenvalue weighted by atomic mass is 9.62. The van der Waals surface area contributed by atoms with E-state index in [1.807, 2.05) is 12.2 Å². The van der Waals surface area contributed by atoms with Crippen LogP contribution in [0.5, 0.6) is 0 Å². The van der Waals surface area contributed by atoms with Gasteiger partial charge in [0.05, 0.1) is 17.8 Å². The molecule has 0 heterocycles. The van der Waals surface area contributed by atoms with Crippen molar-refractivity contribution in [2.24, 2.45) is 17.3 Å². The molecule has 164 valence electrons. The van der Waals surface area contributed by atoms with Gasteiger partial charge in [0, 0.05) is 28.9 Å². The first-order valence-corrected chi connectivity index (χ1v) is 11.9. The first-order chi connectivity index (χ1) is 14.4. The summed E-state index contributed by atoms with van der Waals surface area (Å²) in [6.45, 7) is 2.15. The third kappa shape index (κ3) is 5.16. The third-order valence-corrected chi connectivity index (χ3v) is 7.92. The van der Waals surface area contributed by atoms with Gasteiger partial charge in [-0.05, 0) is 55.4 Å². The van der Waals surface area contributed by atoms with E-state index in [9.17, 15) is 19.8 Å². The Morgan fingerprint density at radius 2 is 2.00 bits per heavy atom. The second-order valence-corrected chi connectivity index (χ2v) is 9.80. The number of carbonyl (C=O) groups excluding carboxylic acids is 1. The largest absolute Gasteiger partial charge is 0.478 e. The Bertz CT molecular complexity index is 768. The summed E-state index contributed by atoms with van der Waals surface area (Å²) in [6.07, 6.45) is 9.03. The molecule has 2 aliphatic rings. The second kappa shape index (κ2) is 10.1. The zero-order valence-corrected chi connectivity index (χ0v) is 18.3. The molecule has 1 unspecified atom stereocenters. The number of carboxylic acid groups (broad SMARTS) is 1. The first kappa shape index (κ1) is 23.0. The summed E-state index contributed by atoms with van der Waals surface area (Å²) in [5.41, 5.74) is 0.291. The van der Waals surface area contributed by atoms with E-state index in [0.717, 1.165) is 30.6 Å². The summed E-state index contributed by atoms with van der Waals surface area (Å²) >= 11 is 1.50. The van der Waals surface area contributed by atoms with E-state index in [4.69, 9.17) is 5.11 Å². The van der Waals surface area contributed by atoms with Crippen LogP contribution in [0.25, 0.3) is 0 Å². The van der Waals surface area contributed by atoms with Crippen LogP contribution < -0.4 is 0 Å². The monoisotopic (exact) mass is 432 g/mol. The maximum Gasteiger partial charge on any atom is 0.335 e. The van der Waals surface area contributed by atoms with Gasteiger partial charge in [0.25, 0.3) is 0 Å². The zero-order chi connectivity index (χ0) is 21.7. The highest BCUT2D eigenvalue weighted by molar-refractivity contribution is 7.99. The molecule has 0 amide bonds. The molecule has 2 aliphatic carbocycles. The summed E-state index contributed by atoms with van der Waals surface area (Å²) < 4.78 is 0. The summed E-state index contributed by atoms with van der Waals surface area (Å²) in [5.74, 6) is -0.867. The number of hydrogen-bond donors (Lipinski definition) is 3. The van der Waals surface area contributed by atoms with Crippen molar-refractivity contribution in [2.45, 2.75) is 69.0 Å². The van der Waals surface area contributed by atoms with Gasteiger partial charge in [0.1, 0.15) is 5.78 Å². The van der Waals surface area contributed by atoms with Crippen molar-refractivity contribution in [3.63, 3.8) is 0 Å². The number of aliphatic hydroxyl groups is 2. The molecule has 0 bridgehead atoms. The van der Waals surface area contributed by atoms with Gasteiger partial charge >= 0.3 is 5.97 Å². The maximum atomic E-state index is 12.4. The van der Waals surface area contributed by atoms with Gasteiger partial charge in [-0.3, -0.25) is 4.79 Å². The highest BCUT2D eigenvalue weighted by atomic mass is 32.2. The van der Waals surface area contributed by atoms with Gasteiger partial charge < -0.3 is 15.3 Å². The fraction of sp³-hybridized carbons (Fsp3) is 0.583. The highest BCUT2D eigenvalue weighted by Gasteiger charge is 2.42. The van der Waals surface area contributed by atoms with Crippen LogP contribution in [0, 0.1) is 17.3 Å². The lowest BCUT2D eigenvalue weighted by molar-refractivity contribution is -0.120. The molecule has 4 atom stereocenters. The normalized spacial score (nSPS) is 26.6. The maximum absolute atomic E-state index is 12.4. The van der Waals surface area contributed by atoms with E-state index in [1.165, 1.54) is 18.2 Å². The standard InChI is InChI=1S/C24H32O5S/c1-2-11-24(12-4-13-24)22(27)6-3-5-18-19(21(26)14-20(18)25)15-30-17-9-7-16(8-10-17)23(28)29/h3,5,7-10,18-20,22,25,27H,2,4,6,11-15H2,1H3,(H,28,29)/b5-3+/t18-,19-,20-,22?/m1/s1. The number of ketones is 1.